The number of hydrogen-bond acceptors (Lipinski definition) is 6. The number of aliphatic hydroxyl groups excluding tert-OH is 1. The monoisotopic (exact) mass is 443 g/mol. The van der Waals surface area contributed by atoms with Crippen LogP contribution in [0.25, 0.3) is 5.76 Å². The van der Waals surface area contributed by atoms with Crippen LogP contribution in [0.15, 0.2) is 42.0 Å². The third-order valence-corrected chi connectivity index (χ3v) is 5.70. The van der Waals surface area contributed by atoms with E-state index in [0.717, 1.165) is 6.42 Å². The Morgan fingerprint density at radius 1 is 1.13 bits per heavy atom. The summed E-state index contributed by atoms with van der Waals surface area (Å²) in [6.45, 7) is 3.15. The first-order chi connectivity index (χ1) is 14.9. The summed E-state index contributed by atoms with van der Waals surface area (Å²) in [4.78, 5) is 27.2. The number of amides is 1. The third-order valence-electron chi connectivity index (χ3n) is 5.40. The van der Waals surface area contributed by atoms with E-state index in [1.807, 2.05) is 6.92 Å². The summed E-state index contributed by atoms with van der Waals surface area (Å²) in [5.74, 6) is -0.849. The van der Waals surface area contributed by atoms with Crippen molar-refractivity contribution in [2.45, 2.75) is 25.8 Å². The van der Waals surface area contributed by atoms with Gasteiger partial charge in [-0.25, -0.2) is 0 Å². The molecule has 2 aromatic carbocycles. The summed E-state index contributed by atoms with van der Waals surface area (Å²) >= 11 is 6.09. The predicted molar refractivity (Wildman–Crippen MR) is 114 cm³/mol. The van der Waals surface area contributed by atoms with E-state index in [-0.39, 0.29) is 22.1 Å². The number of benzene rings is 2. The van der Waals surface area contributed by atoms with Gasteiger partial charge >= 0.3 is 0 Å². The minimum absolute atomic E-state index is 0.0282. The van der Waals surface area contributed by atoms with Crippen molar-refractivity contribution in [2.75, 3.05) is 19.8 Å². The van der Waals surface area contributed by atoms with Gasteiger partial charge in [0, 0.05) is 12.1 Å². The molecule has 2 aliphatic heterocycles. The van der Waals surface area contributed by atoms with Gasteiger partial charge < -0.3 is 24.6 Å². The number of fused-ring (bicyclic) bond motifs is 1. The van der Waals surface area contributed by atoms with Crippen LogP contribution in [0.5, 0.6) is 17.2 Å². The van der Waals surface area contributed by atoms with E-state index in [1.165, 1.54) is 17.0 Å². The number of halogens is 1. The van der Waals surface area contributed by atoms with Crippen molar-refractivity contribution < 1.29 is 29.3 Å². The first-order valence-corrected chi connectivity index (χ1v) is 10.5. The number of nitrogens with zero attached hydrogens (tertiary/aromatic N) is 1. The summed E-state index contributed by atoms with van der Waals surface area (Å²) in [5, 5.41) is 21.0. The minimum atomic E-state index is -0.821. The highest BCUT2D eigenvalue weighted by Gasteiger charge is 2.46. The maximum absolute atomic E-state index is 13.0. The molecule has 1 fully saturated rings. The number of hydrogen-bond donors (Lipinski definition) is 2. The molecule has 31 heavy (non-hydrogen) atoms. The second kappa shape index (κ2) is 8.51. The number of unbranched alkanes of at least 4 members (excludes halogenated alkanes) is 1. The average Bonchev–Trinajstić information content (AvgIpc) is 3.03. The van der Waals surface area contributed by atoms with Crippen LogP contribution in [-0.4, -0.2) is 46.6 Å². The van der Waals surface area contributed by atoms with E-state index in [0.29, 0.717) is 48.8 Å². The van der Waals surface area contributed by atoms with Gasteiger partial charge in [-0.15, -0.1) is 0 Å². The molecule has 1 saturated heterocycles. The molecule has 0 radical (unpaired) electrons. The van der Waals surface area contributed by atoms with Crippen molar-refractivity contribution in [2.24, 2.45) is 0 Å². The predicted octanol–water partition coefficient (Wildman–Crippen LogP) is 4.04. The quantitative estimate of drug-likeness (QED) is 0.411. The second-order valence-electron chi connectivity index (χ2n) is 7.42. The molecule has 2 heterocycles. The minimum Gasteiger partial charge on any atom is -0.507 e. The molecule has 4 rings (SSSR count). The highest BCUT2D eigenvalue weighted by Crippen LogP contribution is 2.42. The van der Waals surface area contributed by atoms with Crippen LogP contribution in [0, 0.1) is 0 Å². The summed E-state index contributed by atoms with van der Waals surface area (Å²) in [5.41, 5.74) is 0.837. The Kier molecular flexibility index (Phi) is 5.78. The molecule has 0 spiro atoms. The SMILES string of the molecule is CCCCN1C(=O)C(=O)/C(=C(\O)c2ccc3c(c2)OCCO3)C1c1ccc(O)c(Cl)c1. The zero-order valence-corrected chi connectivity index (χ0v) is 17.7. The molecule has 0 aromatic heterocycles. The number of carbonyl (C=O) groups is 2. The van der Waals surface area contributed by atoms with Gasteiger partial charge in [-0.3, -0.25) is 9.59 Å². The summed E-state index contributed by atoms with van der Waals surface area (Å²) < 4.78 is 11.1. The van der Waals surface area contributed by atoms with Crippen molar-refractivity contribution >= 4 is 29.1 Å². The van der Waals surface area contributed by atoms with Gasteiger partial charge in [0.1, 0.15) is 24.7 Å². The number of carbonyl (C=O) groups excluding carboxylic acids is 2. The van der Waals surface area contributed by atoms with Crippen LogP contribution in [0.2, 0.25) is 5.02 Å². The fraction of sp³-hybridized carbons (Fsp3) is 0.304. The largest absolute Gasteiger partial charge is 0.507 e. The Bertz CT molecular complexity index is 1080. The second-order valence-corrected chi connectivity index (χ2v) is 7.82. The molecule has 162 valence electrons. The molecule has 0 saturated carbocycles. The van der Waals surface area contributed by atoms with Crippen LogP contribution in [0.1, 0.15) is 36.9 Å². The lowest BCUT2D eigenvalue weighted by Gasteiger charge is -2.25. The molecule has 7 nitrogen and oxygen atoms in total. The van der Waals surface area contributed by atoms with E-state index >= 15 is 0 Å². The highest BCUT2D eigenvalue weighted by atomic mass is 35.5. The lowest BCUT2D eigenvalue weighted by atomic mass is 9.95. The smallest absolute Gasteiger partial charge is 0.295 e. The van der Waals surface area contributed by atoms with Gasteiger partial charge in [-0.1, -0.05) is 31.0 Å². The van der Waals surface area contributed by atoms with Gasteiger partial charge in [0.2, 0.25) is 0 Å². The Morgan fingerprint density at radius 2 is 1.87 bits per heavy atom. The number of likely N-dealkylation sites (tertiary alicyclic amines) is 1. The maximum Gasteiger partial charge on any atom is 0.295 e. The van der Waals surface area contributed by atoms with Crippen molar-refractivity contribution in [3.63, 3.8) is 0 Å². The first kappa shape index (κ1) is 21.1. The number of ether oxygens (including phenoxy) is 2. The van der Waals surface area contributed by atoms with Crippen molar-refractivity contribution in [1.29, 1.82) is 0 Å². The van der Waals surface area contributed by atoms with E-state index < -0.39 is 17.7 Å². The number of phenols is 1. The molecule has 2 N–H and O–H groups in total. The Balaban J connectivity index is 1.85. The zero-order chi connectivity index (χ0) is 22.1. The van der Waals surface area contributed by atoms with E-state index in [2.05, 4.69) is 0 Å². The van der Waals surface area contributed by atoms with E-state index in [9.17, 15) is 19.8 Å². The lowest BCUT2D eigenvalue weighted by molar-refractivity contribution is -0.139. The summed E-state index contributed by atoms with van der Waals surface area (Å²) in [6, 6.07) is 8.54. The standard InChI is InChI=1S/C23H22ClNO6/c1-2-3-8-25-20(13-4-6-16(26)15(24)11-13)19(22(28)23(25)29)21(27)14-5-7-17-18(12-14)31-10-9-30-17/h4-7,11-12,20,26-27H,2-3,8-10H2,1H3/b21-19-. The highest BCUT2D eigenvalue weighted by molar-refractivity contribution is 6.46. The van der Waals surface area contributed by atoms with Crippen molar-refractivity contribution in [3.05, 3.63) is 58.1 Å². The summed E-state index contributed by atoms with van der Waals surface area (Å²) in [7, 11) is 0. The maximum atomic E-state index is 13.0. The molecule has 0 bridgehead atoms. The average molecular weight is 444 g/mol. The fourth-order valence-corrected chi connectivity index (χ4v) is 4.01. The molecule has 2 aromatic rings. The molecule has 0 aliphatic carbocycles. The zero-order valence-electron chi connectivity index (χ0n) is 16.9. The van der Waals surface area contributed by atoms with Gasteiger partial charge in [0.25, 0.3) is 11.7 Å². The van der Waals surface area contributed by atoms with Crippen LogP contribution >= 0.6 is 11.6 Å². The lowest BCUT2D eigenvalue weighted by Crippen LogP contribution is -2.30. The van der Waals surface area contributed by atoms with E-state index in [1.54, 1.807) is 24.3 Å². The van der Waals surface area contributed by atoms with Gasteiger partial charge in [-0.05, 0) is 42.3 Å². The number of aliphatic hydroxyl groups is 1. The third kappa shape index (κ3) is 3.81. The van der Waals surface area contributed by atoms with Gasteiger partial charge in [0.15, 0.2) is 11.5 Å². The van der Waals surface area contributed by atoms with Gasteiger partial charge in [-0.2, -0.15) is 0 Å². The molecule has 1 atom stereocenters. The number of ketones is 1. The number of Topliss-reactive ketones (excluding diaryl/α,β-unsaturated/α-hetero) is 1. The summed E-state index contributed by atoms with van der Waals surface area (Å²) in [6.07, 6.45) is 1.52. The van der Waals surface area contributed by atoms with Crippen LogP contribution in [0.3, 0.4) is 0 Å². The topological polar surface area (TPSA) is 96.3 Å². The number of aromatic hydroxyl groups is 1. The molecule has 1 amide bonds. The molecule has 2 aliphatic rings. The van der Waals surface area contributed by atoms with Crippen LogP contribution < -0.4 is 9.47 Å². The fourth-order valence-electron chi connectivity index (χ4n) is 3.83. The molecular weight excluding hydrogens is 422 g/mol. The van der Waals surface area contributed by atoms with E-state index in [4.69, 9.17) is 21.1 Å². The molecular formula is C23H22ClNO6. The molecule has 1 unspecified atom stereocenters. The van der Waals surface area contributed by atoms with Crippen molar-refractivity contribution in [1.82, 2.24) is 4.90 Å². The normalized spacial score (nSPS) is 19.7. The Hall–Kier alpha value is -3.19. The number of rotatable bonds is 5. The molecule has 8 heteroatoms. The first-order valence-electron chi connectivity index (χ1n) is 10.1. The Labute approximate surface area is 184 Å². The Morgan fingerprint density at radius 3 is 2.58 bits per heavy atom. The van der Waals surface area contributed by atoms with Crippen LogP contribution in [0.4, 0.5) is 0 Å². The van der Waals surface area contributed by atoms with Gasteiger partial charge in [0.05, 0.1) is 16.6 Å². The number of phenolic OH excluding ortho intramolecular Hbond substituents is 1. The van der Waals surface area contributed by atoms with Crippen LogP contribution in [-0.2, 0) is 9.59 Å². The van der Waals surface area contributed by atoms with Crippen molar-refractivity contribution in [3.8, 4) is 17.2 Å².